The molecular weight excluding hydrogens is 408 g/mol. The standard InChI is InChI=1S/C25H26N2O5/c1-4-9-18-14-19(15-22(30-2)24(18)31-3)25(29)27(16-21-12-8-13-32-21)17-23(28)26-20-10-6-5-7-11-20/h4-8,10-15H,1,9,16-17H2,2-3H3,(H,26,28). The molecule has 7 nitrogen and oxygen atoms in total. The Bertz CT molecular complexity index is 1060. The lowest BCUT2D eigenvalue weighted by Crippen LogP contribution is -2.37. The number of allylic oxidation sites excluding steroid dienone is 1. The minimum atomic E-state index is -0.337. The fourth-order valence-corrected chi connectivity index (χ4v) is 3.34. The number of rotatable bonds is 10. The van der Waals surface area contributed by atoms with Crippen LogP contribution in [0.3, 0.4) is 0 Å². The van der Waals surface area contributed by atoms with Gasteiger partial charge in [-0.1, -0.05) is 24.3 Å². The SMILES string of the molecule is C=CCc1cc(C(=O)N(CC(=O)Nc2ccccc2)Cc2ccco2)cc(OC)c1OC. The number of para-hydroxylation sites is 1. The molecule has 0 bridgehead atoms. The maximum Gasteiger partial charge on any atom is 0.254 e. The van der Waals surface area contributed by atoms with E-state index >= 15 is 0 Å². The smallest absolute Gasteiger partial charge is 0.254 e. The summed E-state index contributed by atoms with van der Waals surface area (Å²) in [6.45, 7) is 3.75. The number of nitrogens with zero attached hydrogens (tertiary/aromatic N) is 1. The van der Waals surface area contributed by atoms with E-state index in [-0.39, 0.29) is 24.9 Å². The van der Waals surface area contributed by atoms with Crippen molar-refractivity contribution in [2.75, 3.05) is 26.1 Å². The molecule has 0 aliphatic rings. The summed E-state index contributed by atoms with van der Waals surface area (Å²) < 4.78 is 16.3. The first-order valence-electron chi connectivity index (χ1n) is 10.1. The van der Waals surface area contributed by atoms with Crippen LogP contribution in [0.5, 0.6) is 11.5 Å². The second kappa shape index (κ2) is 10.9. The molecule has 32 heavy (non-hydrogen) atoms. The van der Waals surface area contributed by atoms with Crippen molar-refractivity contribution in [3.05, 3.63) is 90.4 Å². The number of carbonyl (C=O) groups is 2. The van der Waals surface area contributed by atoms with Crippen molar-refractivity contribution in [2.45, 2.75) is 13.0 Å². The molecule has 166 valence electrons. The van der Waals surface area contributed by atoms with E-state index < -0.39 is 0 Å². The summed E-state index contributed by atoms with van der Waals surface area (Å²) in [4.78, 5) is 27.6. The maximum atomic E-state index is 13.5. The summed E-state index contributed by atoms with van der Waals surface area (Å²) in [5.41, 5.74) is 1.79. The van der Waals surface area contributed by atoms with Crippen LogP contribution in [-0.2, 0) is 17.8 Å². The Hall–Kier alpha value is -4.00. The largest absolute Gasteiger partial charge is 0.493 e. The second-order valence-electron chi connectivity index (χ2n) is 7.02. The lowest BCUT2D eigenvalue weighted by atomic mass is 10.0. The van der Waals surface area contributed by atoms with Crippen LogP contribution in [0.1, 0.15) is 21.7 Å². The zero-order chi connectivity index (χ0) is 22.9. The number of amides is 2. The van der Waals surface area contributed by atoms with Crippen molar-refractivity contribution in [3.8, 4) is 11.5 Å². The fraction of sp³-hybridized carbons (Fsp3) is 0.200. The van der Waals surface area contributed by atoms with Crippen LogP contribution < -0.4 is 14.8 Å². The van der Waals surface area contributed by atoms with E-state index in [2.05, 4.69) is 11.9 Å². The highest BCUT2D eigenvalue weighted by Gasteiger charge is 2.23. The molecule has 0 fully saturated rings. The molecular formula is C25H26N2O5. The summed E-state index contributed by atoms with van der Waals surface area (Å²) in [5, 5.41) is 2.81. The third-order valence-electron chi connectivity index (χ3n) is 4.77. The molecule has 0 aliphatic carbocycles. The average Bonchev–Trinajstić information content (AvgIpc) is 3.31. The number of nitrogens with one attached hydrogen (secondary N) is 1. The van der Waals surface area contributed by atoms with Gasteiger partial charge < -0.3 is 24.1 Å². The number of benzene rings is 2. The van der Waals surface area contributed by atoms with E-state index in [1.807, 2.05) is 18.2 Å². The molecule has 0 radical (unpaired) electrons. The lowest BCUT2D eigenvalue weighted by Gasteiger charge is -2.22. The molecule has 0 unspecified atom stereocenters. The van der Waals surface area contributed by atoms with E-state index in [4.69, 9.17) is 13.9 Å². The van der Waals surface area contributed by atoms with E-state index in [9.17, 15) is 9.59 Å². The number of methoxy groups -OCH3 is 2. The predicted octanol–water partition coefficient (Wildman–Crippen LogP) is 4.31. The number of hydrogen-bond acceptors (Lipinski definition) is 5. The molecule has 2 aromatic carbocycles. The Morgan fingerprint density at radius 1 is 1.09 bits per heavy atom. The van der Waals surface area contributed by atoms with Crippen LogP contribution in [-0.4, -0.2) is 37.5 Å². The van der Waals surface area contributed by atoms with Gasteiger partial charge in [-0.25, -0.2) is 0 Å². The minimum Gasteiger partial charge on any atom is -0.493 e. The molecule has 0 aliphatic heterocycles. The van der Waals surface area contributed by atoms with E-state index in [1.165, 1.54) is 18.3 Å². The van der Waals surface area contributed by atoms with Crippen LogP contribution in [0.4, 0.5) is 5.69 Å². The Balaban J connectivity index is 1.90. The summed E-state index contributed by atoms with van der Waals surface area (Å²) in [6.07, 6.45) is 3.74. The molecule has 1 N–H and O–H groups in total. The lowest BCUT2D eigenvalue weighted by molar-refractivity contribution is -0.117. The van der Waals surface area contributed by atoms with Gasteiger partial charge in [-0.15, -0.1) is 6.58 Å². The van der Waals surface area contributed by atoms with Crippen molar-refractivity contribution < 1.29 is 23.5 Å². The van der Waals surface area contributed by atoms with Crippen LogP contribution in [0, 0.1) is 0 Å². The van der Waals surface area contributed by atoms with Gasteiger partial charge in [0.05, 0.1) is 27.0 Å². The summed E-state index contributed by atoms with van der Waals surface area (Å²) in [5.74, 6) is 0.890. The van der Waals surface area contributed by atoms with Gasteiger partial charge in [-0.2, -0.15) is 0 Å². The Labute approximate surface area is 187 Å². The first-order chi connectivity index (χ1) is 15.5. The summed E-state index contributed by atoms with van der Waals surface area (Å²) in [6, 6.07) is 15.9. The molecule has 3 rings (SSSR count). The molecule has 1 aromatic heterocycles. The topological polar surface area (TPSA) is 81.0 Å². The quantitative estimate of drug-likeness (QED) is 0.481. The highest BCUT2D eigenvalue weighted by Crippen LogP contribution is 2.33. The van der Waals surface area contributed by atoms with Crippen molar-refractivity contribution in [1.82, 2.24) is 4.90 Å². The minimum absolute atomic E-state index is 0.138. The molecule has 2 amide bonds. The number of anilines is 1. The van der Waals surface area contributed by atoms with Gasteiger partial charge in [-0.05, 0) is 42.8 Å². The van der Waals surface area contributed by atoms with Gasteiger partial charge in [0.15, 0.2) is 11.5 Å². The average molecular weight is 434 g/mol. The molecule has 0 saturated heterocycles. The van der Waals surface area contributed by atoms with Crippen molar-refractivity contribution in [1.29, 1.82) is 0 Å². The Morgan fingerprint density at radius 3 is 2.50 bits per heavy atom. The fourth-order valence-electron chi connectivity index (χ4n) is 3.34. The van der Waals surface area contributed by atoms with E-state index in [0.717, 1.165) is 5.56 Å². The summed E-state index contributed by atoms with van der Waals surface area (Å²) >= 11 is 0. The van der Waals surface area contributed by atoms with Crippen LogP contribution in [0.2, 0.25) is 0 Å². The van der Waals surface area contributed by atoms with Crippen LogP contribution in [0.25, 0.3) is 0 Å². The molecule has 3 aromatic rings. The summed E-state index contributed by atoms with van der Waals surface area (Å²) in [7, 11) is 3.06. The molecule has 0 spiro atoms. The molecule has 7 heteroatoms. The van der Waals surface area contributed by atoms with Crippen molar-refractivity contribution in [2.24, 2.45) is 0 Å². The monoisotopic (exact) mass is 434 g/mol. The first kappa shape index (κ1) is 22.7. The van der Waals surface area contributed by atoms with Gasteiger partial charge in [0.2, 0.25) is 5.91 Å². The number of furan rings is 1. The number of hydrogen-bond donors (Lipinski definition) is 1. The third-order valence-corrected chi connectivity index (χ3v) is 4.77. The van der Waals surface area contributed by atoms with Crippen molar-refractivity contribution in [3.63, 3.8) is 0 Å². The van der Waals surface area contributed by atoms with Crippen LogP contribution >= 0.6 is 0 Å². The maximum absolute atomic E-state index is 13.5. The first-order valence-corrected chi connectivity index (χ1v) is 10.1. The van der Waals surface area contributed by atoms with Gasteiger partial charge in [0.1, 0.15) is 12.3 Å². The van der Waals surface area contributed by atoms with Gasteiger partial charge in [-0.3, -0.25) is 9.59 Å². The van der Waals surface area contributed by atoms with Gasteiger partial charge in [0, 0.05) is 16.8 Å². The van der Waals surface area contributed by atoms with Crippen molar-refractivity contribution >= 4 is 17.5 Å². The Kier molecular flexibility index (Phi) is 7.70. The molecule has 1 heterocycles. The normalized spacial score (nSPS) is 10.3. The predicted molar refractivity (Wildman–Crippen MR) is 122 cm³/mol. The van der Waals surface area contributed by atoms with Gasteiger partial charge >= 0.3 is 0 Å². The molecule has 0 atom stereocenters. The van der Waals surface area contributed by atoms with Gasteiger partial charge in [0.25, 0.3) is 5.91 Å². The number of ether oxygens (including phenoxy) is 2. The zero-order valence-electron chi connectivity index (χ0n) is 18.2. The third kappa shape index (κ3) is 5.57. The second-order valence-corrected chi connectivity index (χ2v) is 7.02. The highest BCUT2D eigenvalue weighted by atomic mass is 16.5. The van der Waals surface area contributed by atoms with E-state index in [0.29, 0.717) is 34.9 Å². The van der Waals surface area contributed by atoms with Crippen LogP contribution in [0.15, 0.2) is 77.9 Å². The molecule has 0 saturated carbocycles. The Morgan fingerprint density at radius 2 is 1.88 bits per heavy atom. The highest BCUT2D eigenvalue weighted by molar-refractivity contribution is 6.00. The van der Waals surface area contributed by atoms with E-state index in [1.54, 1.807) is 49.6 Å². The zero-order valence-corrected chi connectivity index (χ0v) is 18.2. The number of carbonyl (C=O) groups excluding carboxylic acids is 2.